The molecule has 2 N–H and O–H groups in total. The first-order valence-electron chi connectivity index (χ1n) is 5.90. The maximum atomic E-state index is 11.8. The highest BCUT2D eigenvalue weighted by molar-refractivity contribution is 5.94. The molecular weight excluding hydrogens is 214 g/mol. The second-order valence-corrected chi connectivity index (χ2v) is 5.06. The number of amides is 1. The molecule has 1 amide bonds. The summed E-state index contributed by atoms with van der Waals surface area (Å²) in [4.78, 5) is 11.8. The Kier molecular flexibility index (Phi) is 4.29. The zero-order valence-corrected chi connectivity index (χ0v) is 10.9. The van der Waals surface area contributed by atoms with Gasteiger partial charge >= 0.3 is 0 Å². The summed E-state index contributed by atoms with van der Waals surface area (Å²) in [6, 6.07) is 7.40. The van der Waals surface area contributed by atoms with E-state index in [2.05, 4.69) is 5.32 Å². The summed E-state index contributed by atoms with van der Waals surface area (Å²) in [5, 5.41) is 12.8. The number of carbonyl (C=O) groups is 1. The van der Waals surface area contributed by atoms with E-state index in [1.807, 2.05) is 39.0 Å². The van der Waals surface area contributed by atoms with Crippen molar-refractivity contribution in [1.29, 1.82) is 0 Å². The number of nitrogens with one attached hydrogen (secondary N) is 1. The number of hydrogen-bond donors (Lipinski definition) is 2. The van der Waals surface area contributed by atoms with E-state index in [-0.39, 0.29) is 18.4 Å². The molecule has 0 heterocycles. The Labute approximate surface area is 103 Å². The van der Waals surface area contributed by atoms with Crippen molar-refractivity contribution in [1.82, 2.24) is 5.32 Å². The van der Waals surface area contributed by atoms with Crippen LogP contribution in [0.3, 0.4) is 0 Å². The molecule has 0 spiro atoms. The van der Waals surface area contributed by atoms with Gasteiger partial charge in [0, 0.05) is 12.1 Å². The van der Waals surface area contributed by atoms with Crippen molar-refractivity contribution < 1.29 is 9.90 Å². The number of aliphatic hydroxyl groups is 1. The largest absolute Gasteiger partial charge is 0.388 e. The molecule has 1 aromatic rings. The lowest BCUT2D eigenvalue weighted by molar-refractivity contribution is 0.0142. The maximum Gasteiger partial charge on any atom is 0.251 e. The van der Waals surface area contributed by atoms with Gasteiger partial charge in [-0.2, -0.15) is 0 Å². The molecule has 0 aliphatic heterocycles. The van der Waals surface area contributed by atoms with Crippen molar-refractivity contribution in [2.75, 3.05) is 6.54 Å². The summed E-state index contributed by atoms with van der Waals surface area (Å²) in [5.41, 5.74) is 0.803. The minimum atomic E-state index is -0.876. The van der Waals surface area contributed by atoms with Gasteiger partial charge in [-0.25, -0.2) is 0 Å². The Bertz CT molecular complexity index is 397. The molecule has 1 unspecified atom stereocenters. The van der Waals surface area contributed by atoms with Gasteiger partial charge in [0.15, 0.2) is 0 Å². The third kappa shape index (κ3) is 3.86. The van der Waals surface area contributed by atoms with Crippen LogP contribution in [0, 0.1) is 12.8 Å². The minimum Gasteiger partial charge on any atom is -0.388 e. The van der Waals surface area contributed by atoms with Gasteiger partial charge in [-0.05, 0) is 31.9 Å². The maximum absolute atomic E-state index is 11.8. The summed E-state index contributed by atoms with van der Waals surface area (Å²) in [7, 11) is 0. The van der Waals surface area contributed by atoms with Crippen molar-refractivity contribution >= 4 is 5.91 Å². The van der Waals surface area contributed by atoms with Gasteiger partial charge in [-0.15, -0.1) is 0 Å². The Morgan fingerprint density at radius 1 is 1.47 bits per heavy atom. The average Bonchev–Trinajstić information content (AvgIpc) is 2.25. The monoisotopic (exact) mass is 235 g/mol. The Morgan fingerprint density at radius 2 is 2.12 bits per heavy atom. The molecule has 0 aliphatic rings. The van der Waals surface area contributed by atoms with Crippen molar-refractivity contribution in [2.45, 2.75) is 33.3 Å². The molecule has 94 valence electrons. The molecular formula is C14H21NO2. The van der Waals surface area contributed by atoms with Crippen LogP contribution < -0.4 is 5.32 Å². The fourth-order valence-electron chi connectivity index (χ4n) is 1.35. The van der Waals surface area contributed by atoms with Gasteiger partial charge < -0.3 is 10.4 Å². The molecule has 0 bridgehead atoms. The van der Waals surface area contributed by atoms with Gasteiger partial charge in [0.05, 0.1) is 5.60 Å². The van der Waals surface area contributed by atoms with Crippen LogP contribution in [0.15, 0.2) is 24.3 Å². The molecule has 0 saturated heterocycles. The number of carbonyl (C=O) groups excluding carboxylic acids is 1. The van der Waals surface area contributed by atoms with E-state index in [0.29, 0.717) is 5.56 Å². The third-order valence-electron chi connectivity index (χ3n) is 3.13. The highest BCUT2D eigenvalue weighted by Crippen LogP contribution is 2.14. The number of hydrogen-bond acceptors (Lipinski definition) is 2. The average molecular weight is 235 g/mol. The summed E-state index contributed by atoms with van der Waals surface area (Å²) < 4.78 is 0. The van der Waals surface area contributed by atoms with Gasteiger partial charge in [0.25, 0.3) is 5.91 Å². The van der Waals surface area contributed by atoms with E-state index in [9.17, 15) is 9.90 Å². The molecule has 17 heavy (non-hydrogen) atoms. The lowest BCUT2D eigenvalue weighted by atomic mass is 9.92. The van der Waals surface area contributed by atoms with Crippen LogP contribution in [-0.2, 0) is 0 Å². The number of rotatable bonds is 4. The van der Waals surface area contributed by atoms with Crippen LogP contribution in [0.2, 0.25) is 0 Å². The topological polar surface area (TPSA) is 49.3 Å². The van der Waals surface area contributed by atoms with Crippen LogP contribution in [0.5, 0.6) is 0 Å². The van der Waals surface area contributed by atoms with Crippen LogP contribution in [0.1, 0.15) is 36.7 Å². The van der Waals surface area contributed by atoms with E-state index in [1.54, 1.807) is 13.0 Å². The van der Waals surface area contributed by atoms with Crippen LogP contribution in [0.4, 0.5) is 0 Å². The molecule has 1 aromatic carbocycles. The van der Waals surface area contributed by atoms with Gasteiger partial charge in [-0.3, -0.25) is 4.79 Å². The fourth-order valence-corrected chi connectivity index (χ4v) is 1.35. The Balaban J connectivity index is 2.62. The second-order valence-electron chi connectivity index (χ2n) is 5.06. The van der Waals surface area contributed by atoms with Gasteiger partial charge in [0.2, 0.25) is 0 Å². The van der Waals surface area contributed by atoms with E-state index >= 15 is 0 Å². The number of aryl methyl sites for hydroxylation is 1. The van der Waals surface area contributed by atoms with Crippen molar-refractivity contribution in [3.05, 3.63) is 35.4 Å². The highest BCUT2D eigenvalue weighted by Gasteiger charge is 2.25. The first kappa shape index (κ1) is 13.7. The normalized spacial score (nSPS) is 14.5. The minimum absolute atomic E-state index is 0.0975. The summed E-state index contributed by atoms with van der Waals surface area (Å²) in [5.74, 6) is -0.0464. The third-order valence-corrected chi connectivity index (χ3v) is 3.13. The predicted octanol–water partition coefficient (Wildman–Crippen LogP) is 2.13. The molecule has 1 atom stereocenters. The first-order valence-corrected chi connectivity index (χ1v) is 5.90. The molecule has 0 fully saturated rings. The summed E-state index contributed by atoms with van der Waals surface area (Å²) >= 11 is 0. The molecule has 3 heteroatoms. The zero-order chi connectivity index (χ0) is 13.1. The summed E-state index contributed by atoms with van der Waals surface area (Å²) in [6.07, 6.45) is 0. The lowest BCUT2D eigenvalue weighted by Crippen LogP contribution is -2.44. The molecule has 1 rings (SSSR count). The van der Waals surface area contributed by atoms with E-state index in [1.165, 1.54) is 0 Å². The Hall–Kier alpha value is -1.35. The van der Waals surface area contributed by atoms with Crippen LogP contribution in [0.25, 0.3) is 0 Å². The van der Waals surface area contributed by atoms with E-state index in [4.69, 9.17) is 0 Å². The predicted molar refractivity (Wildman–Crippen MR) is 69.0 cm³/mol. The summed E-state index contributed by atoms with van der Waals surface area (Å²) in [6.45, 7) is 7.80. The zero-order valence-electron chi connectivity index (χ0n) is 10.9. The van der Waals surface area contributed by atoms with Crippen LogP contribution in [-0.4, -0.2) is 23.2 Å². The van der Waals surface area contributed by atoms with E-state index < -0.39 is 5.60 Å². The fraction of sp³-hybridized carbons (Fsp3) is 0.500. The highest BCUT2D eigenvalue weighted by atomic mass is 16.3. The van der Waals surface area contributed by atoms with Crippen molar-refractivity contribution in [2.24, 2.45) is 5.92 Å². The standard InChI is InChI=1S/C14H21NO2/c1-10(2)14(4,17)9-15-13(16)12-7-5-6-11(3)8-12/h5-8,10,17H,9H2,1-4H3,(H,15,16). The molecule has 0 saturated carbocycles. The smallest absolute Gasteiger partial charge is 0.251 e. The van der Waals surface area contributed by atoms with Gasteiger partial charge in [-0.1, -0.05) is 31.5 Å². The van der Waals surface area contributed by atoms with Gasteiger partial charge in [0.1, 0.15) is 0 Å². The van der Waals surface area contributed by atoms with Crippen molar-refractivity contribution in [3.63, 3.8) is 0 Å². The second kappa shape index (κ2) is 5.32. The molecule has 3 nitrogen and oxygen atoms in total. The quantitative estimate of drug-likeness (QED) is 0.840. The Morgan fingerprint density at radius 3 is 2.65 bits per heavy atom. The first-order chi connectivity index (χ1) is 7.83. The SMILES string of the molecule is Cc1cccc(C(=O)NCC(C)(O)C(C)C)c1. The number of benzene rings is 1. The molecule has 0 aromatic heterocycles. The van der Waals surface area contributed by atoms with Crippen molar-refractivity contribution in [3.8, 4) is 0 Å². The van der Waals surface area contributed by atoms with Crippen LogP contribution >= 0.6 is 0 Å². The van der Waals surface area contributed by atoms with E-state index in [0.717, 1.165) is 5.56 Å². The molecule has 0 aliphatic carbocycles. The molecule has 0 radical (unpaired) electrons. The lowest BCUT2D eigenvalue weighted by Gasteiger charge is -2.27.